The highest BCUT2D eigenvalue weighted by molar-refractivity contribution is 6.83. The number of amides is 2. The lowest BCUT2D eigenvalue weighted by Gasteiger charge is -2.44. The first-order valence-corrected chi connectivity index (χ1v) is 23.9. The second-order valence-electron chi connectivity index (χ2n) is 16.7. The highest BCUT2D eigenvalue weighted by Crippen LogP contribution is 2.47. The summed E-state index contributed by atoms with van der Waals surface area (Å²) in [5, 5.41) is 8.37. The van der Waals surface area contributed by atoms with E-state index >= 15 is 0 Å². The molecule has 0 spiro atoms. The van der Waals surface area contributed by atoms with Gasteiger partial charge in [-0.15, -0.1) is 0 Å². The summed E-state index contributed by atoms with van der Waals surface area (Å²) >= 11 is 0. The average molecular weight is 739 g/mol. The molecule has 0 unspecified atom stereocenters. The van der Waals surface area contributed by atoms with Crippen molar-refractivity contribution in [2.45, 2.75) is 129 Å². The van der Waals surface area contributed by atoms with Crippen molar-refractivity contribution in [1.82, 2.24) is 19.1 Å². The summed E-state index contributed by atoms with van der Waals surface area (Å²) in [4.78, 5) is 36.4. The van der Waals surface area contributed by atoms with Gasteiger partial charge in [-0.1, -0.05) is 95.2 Å². The van der Waals surface area contributed by atoms with Gasteiger partial charge in [0.05, 0.1) is 23.8 Å². The number of carbonyl (C=O) groups is 2. The standard InChI is InChI=1S/C42H62N6O2Si2/c1-27(2)51(28(3)4,29(5)6)47-25-33-19-21-43-40(50)24-46-36-16-14-18-38-42(36)34(26-48(38)52(30(7)8,31(9)10)32(11)12)20-22-44-39(49)23-45-35-15-13-17-37(47)41(33)35/h13-18,23-32H,19-22H2,1-12H3,(H,43,50)(H,44,49). The zero-order chi connectivity index (χ0) is 38.1. The molecule has 0 aliphatic carbocycles. The fourth-order valence-corrected chi connectivity index (χ4v) is 23.9. The number of benzene rings is 2. The Morgan fingerprint density at radius 3 is 1.17 bits per heavy atom. The molecule has 0 saturated heterocycles. The Labute approximate surface area is 313 Å². The number of hydrogen-bond acceptors (Lipinski definition) is 4. The van der Waals surface area contributed by atoms with Gasteiger partial charge in [-0.2, -0.15) is 0 Å². The minimum Gasteiger partial charge on any atom is -0.373 e. The van der Waals surface area contributed by atoms with Gasteiger partial charge in [0, 0.05) is 34.9 Å². The molecule has 10 heteroatoms. The van der Waals surface area contributed by atoms with Gasteiger partial charge in [-0.3, -0.25) is 19.6 Å². The van der Waals surface area contributed by atoms with Crippen molar-refractivity contribution in [3.8, 4) is 0 Å². The zero-order valence-electron chi connectivity index (χ0n) is 33.7. The number of nitrogens with zero attached hydrogens (tertiary/aromatic N) is 4. The van der Waals surface area contributed by atoms with Crippen molar-refractivity contribution >= 4 is 73.9 Å². The molecule has 1 aliphatic heterocycles. The van der Waals surface area contributed by atoms with Gasteiger partial charge >= 0.3 is 0 Å². The Hall–Kier alpha value is -3.77. The smallest absolute Gasteiger partial charge is 0.262 e. The number of rotatable bonds is 8. The lowest BCUT2D eigenvalue weighted by molar-refractivity contribution is -0.115. The normalized spacial score (nSPS) is 15.5. The molecule has 0 bridgehead atoms. The van der Waals surface area contributed by atoms with Crippen LogP contribution in [-0.2, 0) is 22.4 Å². The molecule has 5 rings (SSSR count). The van der Waals surface area contributed by atoms with Crippen molar-refractivity contribution in [2.24, 2.45) is 9.98 Å². The Bertz CT molecular complexity index is 1800. The van der Waals surface area contributed by atoms with Crippen LogP contribution < -0.4 is 10.6 Å². The molecule has 2 N–H and O–H groups in total. The molecule has 0 fully saturated rings. The van der Waals surface area contributed by atoms with Crippen LogP contribution in [0.15, 0.2) is 58.8 Å². The first-order valence-electron chi connectivity index (χ1n) is 19.5. The Morgan fingerprint density at radius 1 is 0.538 bits per heavy atom. The van der Waals surface area contributed by atoms with E-state index in [4.69, 9.17) is 9.98 Å². The second kappa shape index (κ2) is 15.7. The number of aromatic nitrogens is 2. The molecule has 52 heavy (non-hydrogen) atoms. The third-order valence-corrected chi connectivity index (χ3v) is 25.7. The summed E-state index contributed by atoms with van der Waals surface area (Å²) in [6.45, 7) is 29.3. The van der Waals surface area contributed by atoms with E-state index in [1.807, 2.05) is 12.1 Å². The average Bonchev–Trinajstić information content (AvgIpc) is 3.61. The van der Waals surface area contributed by atoms with Crippen molar-refractivity contribution < 1.29 is 9.59 Å². The van der Waals surface area contributed by atoms with E-state index < -0.39 is 16.5 Å². The minimum atomic E-state index is -2.11. The molecular formula is C42H62N6O2Si2. The molecule has 2 amide bonds. The first-order chi connectivity index (χ1) is 24.6. The van der Waals surface area contributed by atoms with Crippen molar-refractivity contribution in [3.05, 3.63) is 59.9 Å². The van der Waals surface area contributed by atoms with Crippen LogP contribution in [0.1, 0.15) is 94.2 Å². The number of aliphatic imine (C=N–C) groups is 2. The van der Waals surface area contributed by atoms with E-state index in [0.29, 0.717) is 59.2 Å². The zero-order valence-corrected chi connectivity index (χ0v) is 35.7. The third-order valence-electron chi connectivity index (χ3n) is 12.2. The number of nitrogens with one attached hydrogen (secondary N) is 2. The molecule has 0 saturated carbocycles. The summed E-state index contributed by atoms with van der Waals surface area (Å²) in [5.74, 6) is -0.419. The van der Waals surface area contributed by atoms with Gasteiger partial charge < -0.3 is 19.1 Å². The summed E-state index contributed by atoms with van der Waals surface area (Å²) in [5.41, 5.74) is 9.13. The van der Waals surface area contributed by atoms with E-state index in [2.05, 4.69) is 139 Å². The highest BCUT2D eigenvalue weighted by atomic mass is 28.3. The highest BCUT2D eigenvalue weighted by Gasteiger charge is 2.47. The summed E-state index contributed by atoms with van der Waals surface area (Å²) < 4.78 is 5.20. The first kappa shape index (κ1) is 39.4. The Kier molecular flexibility index (Phi) is 11.9. The van der Waals surface area contributed by atoms with E-state index in [1.54, 1.807) is 0 Å². The lowest BCUT2D eigenvalue weighted by Crippen LogP contribution is -2.51. The van der Waals surface area contributed by atoms with Crippen LogP contribution in [0.25, 0.3) is 21.8 Å². The van der Waals surface area contributed by atoms with Gasteiger partial charge in [0.1, 0.15) is 0 Å². The molecule has 2 aromatic heterocycles. The van der Waals surface area contributed by atoms with Gasteiger partial charge in [0.15, 0.2) is 16.5 Å². The monoisotopic (exact) mass is 738 g/mol. The van der Waals surface area contributed by atoms with Crippen LogP contribution in [0, 0.1) is 0 Å². The largest absolute Gasteiger partial charge is 0.373 e. The van der Waals surface area contributed by atoms with Crippen molar-refractivity contribution in [3.63, 3.8) is 0 Å². The van der Waals surface area contributed by atoms with Gasteiger partial charge in [-0.05, 0) is 93.9 Å². The predicted octanol–water partition coefficient (Wildman–Crippen LogP) is 10.1. The van der Waals surface area contributed by atoms with Crippen LogP contribution in [0.4, 0.5) is 11.4 Å². The van der Waals surface area contributed by atoms with E-state index in [-0.39, 0.29) is 11.8 Å². The maximum Gasteiger partial charge on any atom is 0.262 e. The summed E-state index contributed by atoms with van der Waals surface area (Å²) in [6.07, 6.45) is 8.80. The molecule has 1 aliphatic rings. The summed E-state index contributed by atoms with van der Waals surface area (Å²) in [7, 11) is -4.22. The molecule has 8 nitrogen and oxygen atoms in total. The van der Waals surface area contributed by atoms with Gasteiger partial charge in [-0.25, -0.2) is 0 Å². The molecular weight excluding hydrogens is 677 g/mol. The maximum atomic E-state index is 13.4. The minimum absolute atomic E-state index is 0.209. The van der Waals surface area contributed by atoms with E-state index in [0.717, 1.165) is 44.3 Å². The summed E-state index contributed by atoms with van der Waals surface area (Å²) in [6, 6.07) is 12.5. The van der Waals surface area contributed by atoms with Crippen LogP contribution in [0.3, 0.4) is 0 Å². The second-order valence-corrected chi connectivity index (χ2v) is 28.1. The fourth-order valence-electron chi connectivity index (χ4n) is 10.6. The molecule has 2 aromatic carbocycles. The third kappa shape index (κ3) is 6.77. The Morgan fingerprint density at radius 2 is 0.865 bits per heavy atom. The van der Waals surface area contributed by atoms with Crippen molar-refractivity contribution in [1.29, 1.82) is 0 Å². The van der Waals surface area contributed by atoms with E-state index in [9.17, 15) is 9.59 Å². The number of carbonyl (C=O) groups excluding carboxylic acids is 2. The predicted molar refractivity (Wildman–Crippen MR) is 226 cm³/mol. The molecule has 0 atom stereocenters. The topological polar surface area (TPSA) is 92.8 Å². The van der Waals surface area contributed by atoms with Crippen LogP contribution in [0.2, 0.25) is 33.2 Å². The fraction of sp³-hybridized carbons (Fsp3) is 0.524. The van der Waals surface area contributed by atoms with Gasteiger partial charge in [0.25, 0.3) is 11.8 Å². The number of hydrogen-bond donors (Lipinski definition) is 2. The lowest BCUT2D eigenvalue weighted by atomic mass is 10.1. The van der Waals surface area contributed by atoms with E-state index in [1.165, 1.54) is 12.4 Å². The SMILES string of the molecule is CC(C)[Si](C(C)C)(C(C)C)n1cc2c3c(cccc31)N=CC(=O)NCCc1cn([Si](C(C)C)(C(C)C)C(C)C)c3cccc(c13)N=CC(=O)NCC2. The quantitative estimate of drug-likeness (QED) is 0.176. The van der Waals surface area contributed by atoms with Crippen LogP contribution in [-0.4, -0.2) is 62.3 Å². The van der Waals surface area contributed by atoms with Gasteiger partial charge in [0.2, 0.25) is 0 Å². The molecule has 0 radical (unpaired) electrons. The Balaban J connectivity index is 1.62. The molecule has 280 valence electrons. The van der Waals surface area contributed by atoms with Crippen molar-refractivity contribution in [2.75, 3.05) is 13.1 Å². The van der Waals surface area contributed by atoms with Crippen LogP contribution in [0.5, 0.6) is 0 Å². The maximum absolute atomic E-state index is 13.4. The molecule has 3 heterocycles. The van der Waals surface area contributed by atoms with Crippen LogP contribution >= 0.6 is 0 Å². The molecule has 4 aromatic rings.